The topological polar surface area (TPSA) is 18.5 Å². The fourth-order valence-electron chi connectivity index (χ4n) is 1.20. The lowest BCUT2D eigenvalue weighted by Gasteiger charge is -2.28. The predicted molar refractivity (Wildman–Crippen MR) is 47.9 cm³/mol. The Morgan fingerprint density at radius 2 is 1.91 bits per heavy atom. The number of thioether (sulfide) groups is 1. The molecule has 0 bridgehead atoms. The normalized spacial score (nSPS) is 21.0. The van der Waals surface area contributed by atoms with Crippen molar-refractivity contribution < 1.29 is 9.47 Å². The van der Waals surface area contributed by atoms with Gasteiger partial charge in [0.15, 0.2) is 6.29 Å². The third-order valence-electron chi connectivity index (χ3n) is 1.71. The molecule has 1 aliphatic rings. The average molecular weight is 176 g/mol. The van der Waals surface area contributed by atoms with Gasteiger partial charge in [0, 0.05) is 0 Å². The zero-order valence-electron chi connectivity index (χ0n) is 7.42. The molecule has 0 aromatic carbocycles. The molecule has 0 N–H and O–H groups in total. The first-order valence-electron chi connectivity index (χ1n) is 4.04. The first-order valence-corrected chi connectivity index (χ1v) is 5.02. The summed E-state index contributed by atoms with van der Waals surface area (Å²) in [6.07, 6.45) is -0.00699. The summed E-state index contributed by atoms with van der Waals surface area (Å²) in [7, 11) is 0. The first kappa shape index (κ1) is 9.36. The summed E-state index contributed by atoms with van der Waals surface area (Å²) < 4.78 is 11.0. The van der Waals surface area contributed by atoms with Crippen LogP contribution in [-0.2, 0) is 9.47 Å². The van der Waals surface area contributed by atoms with Crippen molar-refractivity contribution in [3.63, 3.8) is 0 Å². The van der Waals surface area contributed by atoms with Crippen molar-refractivity contribution in [2.75, 3.05) is 19.0 Å². The van der Waals surface area contributed by atoms with Crippen LogP contribution in [0.5, 0.6) is 0 Å². The van der Waals surface area contributed by atoms with Gasteiger partial charge < -0.3 is 9.47 Å². The van der Waals surface area contributed by atoms with Crippen molar-refractivity contribution in [2.24, 2.45) is 0 Å². The molecule has 0 aromatic rings. The van der Waals surface area contributed by atoms with Gasteiger partial charge in [0.1, 0.15) is 0 Å². The smallest absolute Gasteiger partial charge is 0.171 e. The second-order valence-corrected chi connectivity index (χ2v) is 5.03. The lowest BCUT2D eigenvalue weighted by Crippen LogP contribution is -2.33. The third kappa shape index (κ3) is 2.36. The zero-order valence-corrected chi connectivity index (χ0v) is 8.24. The lowest BCUT2D eigenvalue weighted by molar-refractivity contribution is -0.0612. The van der Waals surface area contributed by atoms with Crippen molar-refractivity contribution >= 4 is 11.8 Å². The van der Waals surface area contributed by atoms with Crippen LogP contribution >= 0.6 is 11.8 Å². The summed E-state index contributed by atoms with van der Waals surface area (Å²) in [5, 5.41) is 0. The Morgan fingerprint density at radius 1 is 1.36 bits per heavy atom. The van der Waals surface area contributed by atoms with E-state index >= 15 is 0 Å². The van der Waals surface area contributed by atoms with Crippen molar-refractivity contribution in [3.05, 3.63) is 0 Å². The number of ether oxygens (including phenoxy) is 2. The lowest BCUT2D eigenvalue weighted by atomic mass is 10.2. The van der Waals surface area contributed by atoms with Gasteiger partial charge in [-0.25, -0.2) is 0 Å². The summed E-state index contributed by atoms with van der Waals surface area (Å²) in [5.41, 5.74) is 0. The van der Waals surface area contributed by atoms with Crippen LogP contribution in [-0.4, -0.2) is 30.0 Å². The van der Waals surface area contributed by atoms with Crippen molar-refractivity contribution in [1.29, 1.82) is 0 Å². The summed E-state index contributed by atoms with van der Waals surface area (Å²) in [5.74, 6) is 1.11. The molecule has 0 aromatic heterocycles. The minimum Gasteiger partial charge on any atom is -0.349 e. The van der Waals surface area contributed by atoms with Gasteiger partial charge in [-0.05, 0) is 19.6 Å². The van der Waals surface area contributed by atoms with Gasteiger partial charge in [0.05, 0.1) is 18.0 Å². The maximum absolute atomic E-state index is 5.43. The molecule has 66 valence electrons. The fraction of sp³-hybridized carbons (Fsp3) is 1.00. The van der Waals surface area contributed by atoms with E-state index in [2.05, 4.69) is 20.8 Å². The van der Waals surface area contributed by atoms with Gasteiger partial charge in [0.2, 0.25) is 0 Å². The summed E-state index contributed by atoms with van der Waals surface area (Å²) in [6, 6.07) is 0. The highest BCUT2D eigenvalue weighted by Gasteiger charge is 2.33. The Kier molecular flexibility index (Phi) is 3.22. The Bertz CT molecular complexity index is 119. The molecular formula is C8H16O2S. The molecule has 0 saturated carbocycles. The molecule has 0 radical (unpaired) electrons. The Labute approximate surface area is 72.6 Å². The van der Waals surface area contributed by atoms with Crippen LogP contribution in [0.15, 0.2) is 0 Å². The second-order valence-electron chi connectivity index (χ2n) is 3.11. The Balaban J connectivity index is 2.41. The van der Waals surface area contributed by atoms with Gasteiger partial charge in [-0.2, -0.15) is 11.8 Å². The van der Waals surface area contributed by atoms with Crippen LogP contribution in [0.25, 0.3) is 0 Å². The minimum absolute atomic E-state index is 0.00699. The van der Waals surface area contributed by atoms with Crippen LogP contribution < -0.4 is 0 Å². The molecule has 1 rings (SSSR count). The number of rotatable bonds is 3. The Hall–Kier alpha value is 0.270. The maximum Gasteiger partial charge on any atom is 0.171 e. The van der Waals surface area contributed by atoms with Crippen LogP contribution in [0, 0.1) is 0 Å². The van der Waals surface area contributed by atoms with E-state index in [1.165, 1.54) is 0 Å². The van der Waals surface area contributed by atoms with Crippen LogP contribution in [0.3, 0.4) is 0 Å². The molecule has 1 fully saturated rings. The summed E-state index contributed by atoms with van der Waals surface area (Å²) >= 11 is 1.88. The molecule has 1 saturated heterocycles. The van der Waals surface area contributed by atoms with Crippen molar-refractivity contribution in [2.45, 2.75) is 31.8 Å². The van der Waals surface area contributed by atoms with E-state index in [9.17, 15) is 0 Å². The molecule has 2 nitrogen and oxygen atoms in total. The van der Waals surface area contributed by atoms with Gasteiger partial charge in [-0.1, -0.05) is 6.92 Å². The minimum atomic E-state index is -0.00699. The SMILES string of the molecule is CCSC(C)(C)C1OCCO1. The van der Waals surface area contributed by atoms with Gasteiger partial charge >= 0.3 is 0 Å². The van der Waals surface area contributed by atoms with Gasteiger partial charge in [-0.15, -0.1) is 0 Å². The monoisotopic (exact) mass is 176 g/mol. The molecule has 1 heterocycles. The van der Waals surface area contributed by atoms with Gasteiger partial charge in [0.25, 0.3) is 0 Å². The highest BCUT2D eigenvalue weighted by molar-refractivity contribution is 8.00. The van der Waals surface area contributed by atoms with Crippen LogP contribution in [0.4, 0.5) is 0 Å². The summed E-state index contributed by atoms with van der Waals surface area (Å²) in [4.78, 5) is 0. The number of hydrogen-bond donors (Lipinski definition) is 0. The first-order chi connectivity index (χ1) is 5.17. The van der Waals surface area contributed by atoms with Crippen LogP contribution in [0.1, 0.15) is 20.8 Å². The quantitative estimate of drug-likeness (QED) is 0.654. The van der Waals surface area contributed by atoms with E-state index in [0.29, 0.717) is 0 Å². The van der Waals surface area contributed by atoms with E-state index in [4.69, 9.17) is 9.47 Å². The van der Waals surface area contributed by atoms with Crippen molar-refractivity contribution in [3.8, 4) is 0 Å². The Morgan fingerprint density at radius 3 is 2.36 bits per heavy atom. The average Bonchev–Trinajstić information content (AvgIpc) is 2.37. The summed E-state index contributed by atoms with van der Waals surface area (Å²) in [6.45, 7) is 7.98. The van der Waals surface area contributed by atoms with E-state index in [0.717, 1.165) is 19.0 Å². The molecule has 11 heavy (non-hydrogen) atoms. The van der Waals surface area contributed by atoms with Crippen LogP contribution in [0.2, 0.25) is 0 Å². The molecule has 0 amide bonds. The third-order valence-corrected chi connectivity index (χ3v) is 2.93. The van der Waals surface area contributed by atoms with E-state index in [1.54, 1.807) is 0 Å². The molecular weight excluding hydrogens is 160 g/mol. The second kappa shape index (κ2) is 3.78. The molecule has 0 unspecified atom stereocenters. The molecule has 0 aliphatic carbocycles. The zero-order chi connectivity index (χ0) is 8.32. The van der Waals surface area contributed by atoms with E-state index in [-0.39, 0.29) is 11.0 Å². The van der Waals surface area contributed by atoms with Crippen molar-refractivity contribution in [1.82, 2.24) is 0 Å². The maximum atomic E-state index is 5.43. The van der Waals surface area contributed by atoms with E-state index < -0.39 is 0 Å². The molecule has 3 heteroatoms. The predicted octanol–water partition coefficient (Wildman–Crippen LogP) is 1.89. The van der Waals surface area contributed by atoms with E-state index in [1.807, 2.05) is 11.8 Å². The number of hydrogen-bond acceptors (Lipinski definition) is 3. The molecule has 0 atom stereocenters. The fourth-order valence-corrected chi connectivity index (χ4v) is 2.22. The highest BCUT2D eigenvalue weighted by atomic mass is 32.2. The largest absolute Gasteiger partial charge is 0.349 e. The highest BCUT2D eigenvalue weighted by Crippen LogP contribution is 2.32. The molecule has 0 spiro atoms. The standard InChI is InChI=1S/C8H16O2S/c1-4-11-8(2,3)7-9-5-6-10-7/h7H,4-6H2,1-3H3. The van der Waals surface area contributed by atoms with Gasteiger partial charge in [-0.3, -0.25) is 0 Å². The molecule has 1 aliphatic heterocycles.